The third-order valence-electron chi connectivity index (χ3n) is 5.92. The molecule has 2 atom stereocenters. The number of carbonyl (C=O) groups is 3. The van der Waals surface area contributed by atoms with E-state index in [0.717, 1.165) is 48.8 Å². The van der Waals surface area contributed by atoms with Gasteiger partial charge in [-0.2, -0.15) is 12.6 Å². The van der Waals surface area contributed by atoms with Crippen molar-refractivity contribution in [3.8, 4) is 0 Å². The lowest BCUT2D eigenvalue weighted by atomic mass is 9.96. The maximum absolute atomic E-state index is 14.0. The Bertz CT molecular complexity index is 882. The summed E-state index contributed by atoms with van der Waals surface area (Å²) in [6, 6.07) is 4.06. The second-order valence-corrected chi connectivity index (χ2v) is 11.5. The molecule has 0 bridgehead atoms. The standard InChI is InChI=1S/C29H49N3O4S/c1-9-10-11-12-13-14-17-32(27(34)24(19-37)31-28(35)36-29(6,7)8)25(26(33)30-20(2)3)23-16-15-21(4)18-22(23)5/h15-16,18,20,24-25,37H,9-14,17,19H2,1-8H3,(H,30,33)(H,31,35). The number of carbonyl (C=O) groups excluding carboxylic acids is 3. The predicted molar refractivity (Wildman–Crippen MR) is 154 cm³/mol. The van der Waals surface area contributed by atoms with Crippen LogP contribution in [-0.2, 0) is 14.3 Å². The van der Waals surface area contributed by atoms with E-state index in [1.54, 1.807) is 25.7 Å². The molecule has 0 fully saturated rings. The first-order valence-corrected chi connectivity index (χ1v) is 14.2. The minimum absolute atomic E-state index is 0.0798. The van der Waals surface area contributed by atoms with Crippen molar-refractivity contribution < 1.29 is 19.1 Å². The van der Waals surface area contributed by atoms with E-state index in [4.69, 9.17) is 4.74 Å². The zero-order valence-electron chi connectivity index (χ0n) is 24.1. The van der Waals surface area contributed by atoms with Crippen LogP contribution in [0, 0.1) is 13.8 Å². The number of rotatable bonds is 14. The second-order valence-electron chi connectivity index (χ2n) is 11.1. The number of unbranched alkanes of at least 4 members (excludes halogenated alkanes) is 5. The maximum Gasteiger partial charge on any atom is 0.408 e. The molecule has 8 heteroatoms. The lowest BCUT2D eigenvalue weighted by Gasteiger charge is -2.35. The van der Waals surface area contributed by atoms with E-state index in [2.05, 4.69) is 30.2 Å². The number of thiol groups is 1. The molecule has 1 aromatic rings. The van der Waals surface area contributed by atoms with Gasteiger partial charge in [-0.1, -0.05) is 62.8 Å². The van der Waals surface area contributed by atoms with E-state index in [1.807, 2.05) is 45.9 Å². The van der Waals surface area contributed by atoms with Gasteiger partial charge in [-0.15, -0.1) is 0 Å². The summed E-state index contributed by atoms with van der Waals surface area (Å²) in [6.07, 6.45) is 5.61. The predicted octanol–water partition coefficient (Wildman–Crippen LogP) is 5.88. The van der Waals surface area contributed by atoms with E-state index < -0.39 is 23.8 Å². The molecule has 2 N–H and O–H groups in total. The summed E-state index contributed by atoms with van der Waals surface area (Å²) >= 11 is 4.36. The Balaban J connectivity index is 3.38. The SMILES string of the molecule is CCCCCCCCN(C(=O)C(CS)NC(=O)OC(C)(C)C)C(C(=O)NC(C)C)c1ccc(C)cc1C. The number of benzene rings is 1. The average molecular weight is 536 g/mol. The molecule has 7 nitrogen and oxygen atoms in total. The van der Waals surface area contributed by atoms with Gasteiger partial charge in [0.1, 0.15) is 17.7 Å². The molecule has 3 amide bonds. The van der Waals surface area contributed by atoms with Crippen molar-refractivity contribution in [1.82, 2.24) is 15.5 Å². The molecule has 0 aliphatic rings. The maximum atomic E-state index is 14.0. The number of nitrogens with zero attached hydrogens (tertiary/aromatic N) is 1. The van der Waals surface area contributed by atoms with E-state index in [0.29, 0.717) is 6.54 Å². The summed E-state index contributed by atoms with van der Waals surface area (Å²) in [5, 5.41) is 5.67. The van der Waals surface area contributed by atoms with Crippen molar-refractivity contribution in [1.29, 1.82) is 0 Å². The lowest BCUT2D eigenvalue weighted by Crippen LogP contribution is -2.54. The molecule has 0 aliphatic carbocycles. The summed E-state index contributed by atoms with van der Waals surface area (Å²) in [4.78, 5) is 41.7. The molecular weight excluding hydrogens is 486 g/mol. The van der Waals surface area contributed by atoms with Crippen molar-refractivity contribution >= 4 is 30.5 Å². The van der Waals surface area contributed by atoms with E-state index in [-0.39, 0.29) is 23.6 Å². The van der Waals surface area contributed by atoms with Crippen LogP contribution >= 0.6 is 12.6 Å². The second kappa shape index (κ2) is 15.9. The molecule has 0 saturated heterocycles. The summed E-state index contributed by atoms with van der Waals surface area (Å²) in [6.45, 7) is 15.6. The Morgan fingerprint density at radius 1 is 1.00 bits per heavy atom. The first-order valence-electron chi connectivity index (χ1n) is 13.6. The largest absolute Gasteiger partial charge is 0.444 e. The van der Waals surface area contributed by atoms with Gasteiger partial charge in [-0.3, -0.25) is 9.59 Å². The van der Waals surface area contributed by atoms with Crippen LogP contribution in [0.2, 0.25) is 0 Å². The van der Waals surface area contributed by atoms with Crippen LogP contribution in [0.25, 0.3) is 0 Å². The van der Waals surface area contributed by atoms with Crippen molar-refractivity contribution in [2.75, 3.05) is 12.3 Å². The summed E-state index contributed by atoms with van der Waals surface area (Å²) in [5.41, 5.74) is 2.09. The fourth-order valence-corrected chi connectivity index (χ4v) is 4.46. The first-order chi connectivity index (χ1) is 17.3. The zero-order chi connectivity index (χ0) is 28.2. The molecule has 0 heterocycles. The Hall–Kier alpha value is -2.22. The molecule has 1 aromatic carbocycles. The Labute approximate surface area is 229 Å². The van der Waals surface area contributed by atoms with Gasteiger partial charge < -0.3 is 20.3 Å². The number of aryl methyl sites for hydroxylation is 2. The smallest absolute Gasteiger partial charge is 0.408 e. The highest BCUT2D eigenvalue weighted by Gasteiger charge is 2.36. The van der Waals surface area contributed by atoms with Crippen molar-refractivity contribution in [2.45, 2.75) is 118 Å². The van der Waals surface area contributed by atoms with Crippen LogP contribution in [0.5, 0.6) is 0 Å². The third kappa shape index (κ3) is 11.8. The van der Waals surface area contributed by atoms with E-state index in [9.17, 15) is 14.4 Å². The summed E-state index contributed by atoms with van der Waals surface area (Å²) in [5.74, 6) is -0.508. The molecule has 0 radical (unpaired) electrons. The van der Waals surface area contributed by atoms with Crippen molar-refractivity contribution in [3.05, 3.63) is 34.9 Å². The molecule has 1 rings (SSSR count). The molecule has 0 aromatic heterocycles. The molecule has 37 heavy (non-hydrogen) atoms. The van der Waals surface area contributed by atoms with Crippen LogP contribution in [0.4, 0.5) is 4.79 Å². The molecular formula is C29H49N3O4S. The van der Waals surface area contributed by atoms with Crippen LogP contribution in [0.1, 0.15) is 103 Å². The molecule has 0 aliphatic heterocycles. The third-order valence-corrected chi connectivity index (χ3v) is 6.28. The van der Waals surface area contributed by atoms with Crippen LogP contribution in [0.15, 0.2) is 18.2 Å². The van der Waals surface area contributed by atoms with Crippen LogP contribution in [0.3, 0.4) is 0 Å². The van der Waals surface area contributed by atoms with E-state index >= 15 is 0 Å². The number of hydrogen-bond acceptors (Lipinski definition) is 5. The minimum Gasteiger partial charge on any atom is -0.444 e. The summed E-state index contributed by atoms with van der Waals surface area (Å²) in [7, 11) is 0. The normalized spacial score (nSPS) is 13.1. The van der Waals surface area contributed by atoms with Crippen LogP contribution < -0.4 is 10.6 Å². The van der Waals surface area contributed by atoms with Gasteiger partial charge in [0.25, 0.3) is 0 Å². The molecule has 0 saturated carbocycles. The minimum atomic E-state index is -0.932. The van der Waals surface area contributed by atoms with Gasteiger partial charge in [-0.05, 0) is 66.0 Å². The Morgan fingerprint density at radius 2 is 1.62 bits per heavy atom. The number of amides is 3. The van der Waals surface area contributed by atoms with Crippen molar-refractivity contribution in [2.24, 2.45) is 0 Å². The zero-order valence-corrected chi connectivity index (χ0v) is 25.0. The number of nitrogens with one attached hydrogen (secondary N) is 2. The number of ether oxygens (including phenoxy) is 1. The Kier molecular flexibility index (Phi) is 14.1. The summed E-state index contributed by atoms with van der Waals surface area (Å²) < 4.78 is 5.38. The molecule has 2 unspecified atom stereocenters. The highest BCUT2D eigenvalue weighted by molar-refractivity contribution is 7.80. The van der Waals surface area contributed by atoms with E-state index in [1.165, 1.54) is 6.42 Å². The highest BCUT2D eigenvalue weighted by Crippen LogP contribution is 2.27. The monoisotopic (exact) mass is 535 g/mol. The van der Waals surface area contributed by atoms with Crippen LogP contribution in [-0.4, -0.2) is 52.8 Å². The number of alkyl carbamates (subject to hydrolysis) is 1. The van der Waals surface area contributed by atoms with Gasteiger partial charge in [0, 0.05) is 18.3 Å². The van der Waals surface area contributed by atoms with Crippen molar-refractivity contribution in [3.63, 3.8) is 0 Å². The quantitative estimate of drug-likeness (QED) is 0.205. The van der Waals surface area contributed by atoms with Gasteiger partial charge >= 0.3 is 6.09 Å². The topological polar surface area (TPSA) is 87.7 Å². The fraction of sp³-hybridized carbons (Fsp3) is 0.690. The molecule has 210 valence electrons. The lowest BCUT2D eigenvalue weighted by molar-refractivity contribution is -0.142. The van der Waals surface area contributed by atoms with Gasteiger partial charge in [-0.25, -0.2) is 4.79 Å². The average Bonchev–Trinajstić information content (AvgIpc) is 2.77. The number of hydrogen-bond donors (Lipinski definition) is 3. The Morgan fingerprint density at radius 3 is 2.16 bits per heavy atom. The first kappa shape index (κ1) is 32.8. The highest BCUT2D eigenvalue weighted by atomic mass is 32.1. The van der Waals surface area contributed by atoms with Gasteiger partial charge in [0.15, 0.2) is 0 Å². The van der Waals surface area contributed by atoms with Gasteiger partial charge in [0.05, 0.1) is 0 Å². The fourth-order valence-electron chi connectivity index (χ4n) is 4.21. The van der Waals surface area contributed by atoms with Gasteiger partial charge in [0.2, 0.25) is 11.8 Å². The molecule has 0 spiro atoms.